The molecule has 7 heteroatoms. The molecule has 2 fully saturated rings. The van der Waals surface area contributed by atoms with Gasteiger partial charge in [-0.05, 0) is 19.8 Å². The molecule has 2 saturated heterocycles. The van der Waals surface area contributed by atoms with Crippen molar-refractivity contribution in [2.24, 2.45) is 0 Å². The average molecular weight is 269 g/mol. The Morgan fingerprint density at radius 2 is 2.26 bits per heavy atom. The molecule has 2 N–H and O–H groups in total. The van der Waals surface area contributed by atoms with Gasteiger partial charge in [0.1, 0.15) is 5.54 Å². The summed E-state index contributed by atoms with van der Waals surface area (Å²) in [6.45, 7) is 2.65. The second-order valence-corrected chi connectivity index (χ2v) is 5.14. The van der Waals surface area contributed by atoms with Crippen LogP contribution in [0, 0.1) is 0 Å². The Morgan fingerprint density at radius 1 is 1.53 bits per heavy atom. The number of hydrogen-bond acceptors (Lipinski definition) is 4. The van der Waals surface area contributed by atoms with Crippen molar-refractivity contribution >= 4 is 17.8 Å². The molecule has 7 nitrogen and oxygen atoms in total. The van der Waals surface area contributed by atoms with E-state index in [2.05, 4.69) is 10.6 Å². The minimum Gasteiger partial charge on any atom is -0.382 e. The van der Waals surface area contributed by atoms with Gasteiger partial charge in [-0.25, -0.2) is 4.79 Å². The van der Waals surface area contributed by atoms with Crippen LogP contribution in [0.25, 0.3) is 0 Å². The highest BCUT2D eigenvalue weighted by atomic mass is 16.5. The van der Waals surface area contributed by atoms with Crippen molar-refractivity contribution in [2.45, 2.75) is 37.8 Å². The summed E-state index contributed by atoms with van der Waals surface area (Å²) in [6.07, 6.45) is 1.55. The summed E-state index contributed by atoms with van der Waals surface area (Å²) in [5.41, 5.74) is -0.917. The van der Waals surface area contributed by atoms with E-state index >= 15 is 0 Å². The molecule has 106 valence electrons. The summed E-state index contributed by atoms with van der Waals surface area (Å²) in [5, 5.41) is 4.84. The van der Waals surface area contributed by atoms with Crippen LogP contribution < -0.4 is 10.6 Å². The van der Waals surface area contributed by atoms with E-state index in [0.29, 0.717) is 25.8 Å². The molecular formula is C12H19N3O4. The maximum absolute atomic E-state index is 12.0. The lowest BCUT2D eigenvalue weighted by molar-refractivity contribution is -0.131. The Hall–Kier alpha value is -1.63. The third kappa shape index (κ3) is 2.70. The van der Waals surface area contributed by atoms with Crippen LogP contribution in [0.2, 0.25) is 0 Å². The molecule has 0 saturated carbocycles. The molecule has 2 rings (SSSR count). The molecule has 2 aliphatic heterocycles. The first kappa shape index (κ1) is 13.8. The number of hydrogen-bond donors (Lipinski definition) is 2. The van der Waals surface area contributed by atoms with Crippen molar-refractivity contribution in [3.63, 3.8) is 0 Å². The molecule has 0 radical (unpaired) electrons. The van der Waals surface area contributed by atoms with E-state index in [1.54, 1.807) is 12.0 Å². The predicted molar refractivity (Wildman–Crippen MR) is 66.3 cm³/mol. The topological polar surface area (TPSA) is 87.7 Å². The largest absolute Gasteiger partial charge is 0.382 e. The monoisotopic (exact) mass is 269 g/mol. The zero-order valence-electron chi connectivity index (χ0n) is 11.2. The normalized spacial score (nSPS) is 27.6. The molecule has 1 spiro atoms. The smallest absolute Gasteiger partial charge is 0.322 e. The first-order valence-corrected chi connectivity index (χ1v) is 6.41. The molecule has 4 amide bonds. The van der Waals surface area contributed by atoms with Crippen molar-refractivity contribution in [1.82, 2.24) is 15.5 Å². The van der Waals surface area contributed by atoms with E-state index in [4.69, 9.17) is 4.74 Å². The molecule has 0 aliphatic carbocycles. The Labute approximate surface area is 111 Å². The van der Waals surface area contributed by atoms with E-state index in [9.17, 15) is 14.4 Å². The van der Waals surface area contributed by atoms with Gasteiger partial charge in [-0.1, -0.05) is 0 Å². The third-order valence-corrected chi connectivity index (χ3v) is 3.80. The number of carbonyl (C=O) groups excluding carboxylic acids is 3. The number of rotatable bonds is 4. The van der Waals surface area contributed by atoms with Crippen LogP contribution in [-0.2, 0) is 14.3 Å². The van der Waals surface area contributed by atoms with Gasteiger partial charge in [-0.2, -0.15) is 0 Å². The molecular weight excluding hydrogens is 250 g/mol. The Bertz CT molecular complexity index is 412. The number of nitrogens with zero attached hydrogens (tertiary/aromatic N) is 1. The number of methoxy groups -OCH3 is 1. The number of amides is 4. The summed E-state index contributed by atoms with van der Waals surface area (Å²) in [4.78, 5) is 36.6. The van der Waals surface area contributed by atoms with Crippen molar-refractivity contribution in [1.29, 1.82) is 0 Å². The van der Waals surface area contributed by atoms with E-state index in [1.165, 1.54) is 0 Å². The number of ether oxygens (including phenoxy) is 1. The fourth-order valence-corrected chi connectivity index (χ4v) is 2.44. The highest BCUT2D eigenvalue weighted by molar-refractivity contribution is 6.07. The minimum absolute atomic E-state index is 0.00489. The first-order chi connectivity index (χ1) is 8.97. The van der Waals surface area contributed by atoms with Crippen LogP contribution in [0.3, 0.4) is 0 Å². The van der Waals surface area contributed by atoms with Crippen molar-refractivity contribution in [2.75, 3.05) is 20.2 Å². The lowest BCUT2D eigenvalue weighted by Gasteiger charge is -2.21. The van der Waals surface area contributed by atoms with Crippen LogP contribution in [0.5, 0.6) is 0 Å². The number of carbonyl (C=O) groups is 3. The fourth-order valence-electron chi connectivity index (χ4n) is 2.44. The standard InChI is InChI=1S/C12H19N3O4/c1-8(19-2)3-4-9(16)15-6-5-12(7-15)10(17)13-11(18)14-12/h8H,3-7H2,1-2H3,(H2,13,14,17,18). The molecule has 2 unspecified atom stereocenters. The zero-order chi connectivity index (χ0) is 14.0. The second-order valence-electron chi connectivity index (χ2n) is 5.14. The Kier molecular flexibility index (Phi) is 3.75. The van der Waals surface area contributed by atoms with Crippen LogP contribution >= 0.6 is 0 Å². The van der Waals surface area contributed by atoms with Gasteiger partial charge in [0.05, 0.1) is 12.6 Å². The molecule has 2 heterocycles. The lowest BCUT2D eigenvalue weighted by Crippen LogP contribution is -2.49. The molecule has 0 aromatic heterocycles. The third-order valence-electron chi connectivity index (χ3n) is 3.80. The molecule has 0 bridgehead atoms. The van der Waals surface area contributed by atoms with Gasteiger partial charge in [-0.15, -0.1) is 0 Å². The number of likely N-dealkylation sites (tertiary alicyclic amines) is 1. The van der Waals surface area contributed by atoms with E-state index in [-0.39, 0.29) is 24.5 Å². The maximum atomic E-state index is 12.0. The number of imide groups is 1. The summed E-state index contributed by atoms with van der Waals surface area (Å²) in [5.74, 6) is -0.340. The van der Waals surface area contributed by atoms with E-state index in [0.717, 1.165) is 0 Å². The van der Waals surface area contributed by atoms with E-state index in [1.807, 2.05) is 6.92 Å². The van der Waals surface area contributed by atoms with E-state index < -0.39 is 11.6 Å². The zero-order valence-corrected chi connectivity index (χ0v) is 11.2. The molecule has 0 aromatic carbocycles. The second kappa shape index (κ2) is 5.16. The van der Waals surface area contributed by atoms with Crippen LogP contribution in [-0.4, -0.2) is 54.6 Å². The van der Waals surface area contributed by atoms with Crippen LogP contribution in [0.15, 0.2) is 0 Å². The Balaban J connectivity index is 1.90. The van der Waals surface area contributed by atoms with Gasteiger partial charge in [-0.3, -0.25) is 14.9 Å². The van der Waals surface area contributed by atoms with Gasteiger partial charge in [0.2, 0.25) is 5.91 Å². The predicted octanol–water partition coefficient (Wildman–Crippen LogP) is -0.388. The quantitative estimate of drug-likeness (QED) is 0.681. The van der Waals surface area contributed by atoms with Crippen molar-refractivity contribution < 1.29 is 19.1 Å². The Morgan fingerprint density at radius 3 is 2.84 bits per heavy atom. The highest BCUT2D eigenvalue weighted by Crippen LogP contribution is 2.25. The van der Waals surface area contributed by atoms with Gasteiger partial charge in [0, 0.05) is 20.1 Å². The lowest BCUT2D eigenvalue weighted by atomic mass is 9.99. The number of nitrogens with one attached hydrogen (secondary N) is 2. The molecule has 2 atom stereocenters. The van der Waals surface area contributed by atoms with Crippen molar-refractivity contribution in [3.8, 4) is 0 Å². The van der Waals surface area contributed by atoms with Gasteiger partial charge < -0.3 is 15.0 Å². The summed E-state index contributed by atoms with van der Waals surface area (Å²) in [6, 6.07) is -0.479. The van der Waals surface area contributed by atoms with Gasteiger partial charge >= 0.3 is 6.03 Å². The molecule has 0 aromatic rings. The SMILES string of the molecule is COC(C)CCC(=O)N1CCC2(C1)NC(=O)NC2=O. The summed E-state index contributed by atoms with van der Waals surface area (Å²) >= 11 is 0. The van der Waals surface area contributed by atoms with Gasteiger partial charge in [0.15, 0.2) is 0 Å². The fraction of sp³-hybridized carbons (Fsp3) is 0.750. The molecule has 2 aliphatic rings. The van der Waals surface area contributed by atoms with Gasteiger partial charge in [0.25, 0.3) is 5.91 Å². The minimum atomic E-state index is -0.917. The highest BCUT2D eigenvalue weighted by Gasteiger charge is 2.51. The first-order valence-electron chi connectivity index (χ1n) is 6.41. The average Bonchev–Trinajstić information content (AvgIpc) is 2.91. The van der Waals surface area contributed by atoms with Crippen LogP contribution in [0.1, 0.15) is 26.2 Å². The van der Waals surface area contributed by atoms with Crippen molar-refractivity contribution in [3.05, 3.63) is 0 Å². The van der Waals surface area contributed by atoms with Crippen LogP contribution in [0.4, 0.5) is 4.79 Å². The summed E-state index contributed by atoms with van der Waals surface area (Å²) < 4.78 is 5.10. The molecule has 19 heavy (non-hydrogen) atoms. The maximum Gasteiger partial charge on any atom is 0.322 e. The summed E-state index contributed by atoms with van der Waals surface area (Å²) in [7, 11) is 1.61. The number of urea groups is 1.